The van der Waals surface area contributed by atoms with Crippen molar-refractivity contribution in [3.63, 3.8) is 0 Å². The van der Waals surface area contributed by atoms with Crippen molar-refractivity contribution in [2.24, 2.45) is 0 Å². The summed E-state index contributed by atoms with van der Waals surface area (Å²) in [5.41, 5.74) is 2.11. The summed E-state index contributed by atoms with van der Waals surface area (Å²) < 4.78 is 11.1. The Kier molecular flexibility index (Phi) is 1.80. The SMILES string of the molecule is O=C1Cc2ccc3c(c2CN1)OCCO3. The van der Waals surface area contributed by atoms with Crippen molar-refractivity contribution in [2.45, 2.75) is 13.0 Å². The number of fused-ring (bicyclic) bond motifs is 3. The van der Waals surface area contributed by atoms with Crippen LogP contribution in [0.4, 0.5) is 0 Å². The van der Waals surface area contributed by atoms with Gasteiger partial charge in [0.25, 0.3) is 0 Å². The molecular weight excluding hydrogens is 194 g/mol. The fourth-order valence-corrected chi connectivity index (χ4v) is 2.00. The molecule has 0 aliphatic carbocycles. The summed E-state index contributed by atoms with van der Waals surface area (Å²) >= 11 is 0. The largest absolute Gasteiger partial charge is 0.486 e. The molecule has 0 spiro atoms. The summed E-state index contributed by atoms with van der Waals surface area (Å²) in [5, 5.41) is 2.81. The smallest absolute Gasteiger partial charge is 0.224 e. The number of hydrogen-bond acceptors (Lipinski definition) is 3. The average Bonchev–Trinajstić information content (AvgIpc) is 2.28. The zero-order valence-electron chi connectivity index (χ0n) is 8.21. The Labute approximate surface area is 87.2 Å². The highest BCUT2D eigenvalue weighted by atomic mass is 16.6. The molecule has 1 N–H and O–H groups in total. The van der Waals surface area contributed by atoms with Gasteiger partial charge in [-0.3, -0.25) is 4.79 Å². The molecule has 0 radical (unpaired) electrons. The first kappa shape index (κ1) is 8.59. The van der Waals surface area contributed by atoms with Gasteiger partial charge in [0, 0.05) is 12.1 Å². The third kappa shape index (κ3) is 1.33. The lowest BCUT2D eigenvalue weighted by Gasteiger charge is -2.25. The molecule has 0 bridgehead atoms. The molecule has 2 aliphatic rings. The molecule has 78 valence electrons. The summed E-state index contributed by atoms with van der Waals surface area (Å²) in [4.78, 5) is 11.2. The van der Waals surface area contributed by atoms with Gasteiger partial charge in [0.1, 0.15) is 13.2 Å². The van der Waals surface area contributed by atoms with Crippen LogP contribution in [0.3, 0.4) is 0 Å². The molecule has 4 heteroatoms. The van der Waals surface area contributed by atoms with Crippen molar-refractivity contribution in [1.82, 2.24) is 5.32 Å². The van der Waals surface area contributed by atoms with Crippen molar-refractivity contribution in [3.05, 3.63) is 23.3 Å². The van der Waals surface area contributed by atoms with Crippen LogP contribution in [0, 0.1) is 0 Å². The van der Waals surface area contributed by atoms with E-state index < -0.39 is 0 Å². The van der Waals surface area contributed by atoms with E-state index in [0.717, 1.165) is 22.6 Å². The predicted molar refractivity (Wildman–Crippen MR) is 53.0 cm³/mol. The van der Waals surface area contributed by atoms with E-state index in [-0.39, 0.29) is 5.91 Å². The molecule has 4 nitrogen and oxygen atoms in total. The Morgan fingerprint density at radius 1 is 1.20 bits per heavy atom. The average molecular weight is 205 g/mol. The maximum atomic E-state index is 11.2. The van der Waals surface area contributed by atoms with E-state index in [2.05, 4.69) is 5.32 Å². The van der Waals surface area contributed by atoms with Crippen LogP contribution in [0.5, 0.6) is 11.5 Å². The second-order valence-electron chi connectivity index (χ2n) is 3.68. The number of benzene rings is 1. The Balaban J connectivity index is 2.10. The van der Waals surface area contributed by atoms with Crippen molar-refractivity contribution in [1.29, 1.82) is 0 Å². The van der Waals surface area contributed by atoms with Crippen molar-refractivity contribution < 1.29 is 14.3 Å². The summed E-state index contributed by atoms with van der Waals surface area (Å²) in [6.07, 6.45) is 0.436. The molecule has 2 aliphatic heterocycles. The van der Waals surface area contributed by atoms with E-state index in [9.17, 15) is 4.79 Å². The summed E-state index contributed by atoms with van der Waals surface area (Å²) in [5.74, 6) is 1.66. The van der Waals surface area contributed by atoms with E-state index >= 15 is 0 Å². The van der Waals surface area contributed by atoms with Crippen molar-refractivity contribution in [2.75, 3.05) is 13.2 Å². The Bertz CT molecular complexity index is 428. The Morgan fingerprint density at radius 3 is 3.00 bits per heavy atom. The summed E-state index contributed by atoms with van der Waals surface area (Å²) in [6, 6.07) is 3.83. The van der Waals surface area contributed by atoms with E-state index in [1.165, 1.54) is 0 Å². The highest BCUT2D eigenvalue weighted by molar-refractivity contribution is 5.81. The van der Waals surface area contributed by atoms with Gasteiger partial charge in [-0.1, -0.05) is 6.07 Å². The molecule has 0 fully saturated rings. The molecule has 3 rings (SSSR count). The molecule has 15 heavy (non-hydrogen) atoms. The minimum atomic E-state index is 0.0687. The van der Waals surface area contributed by atoms with Gasteiger partial charge in [-0.25, -0.2) is 0 Å². The maximum Gasteiger partial charge on any atom is 0.224 e. The maximum absolute atomic E-state index is 11.2. The first-order valence-electron chi connectivity index (χ1n) is 5.01. The number of ether oxygens (including phenoxy) is 2. The second-order valence-corrected chi connectivity index (χ2v) is 3.68. The zero-order chi connectivity index (χ0) is 10.3. The highest BCUT2D eigenvalue weighted by Gasteiger charge is 2.23. The molecular formula is C11H11NO3. The molecule has 0 unspecified atom stereocenters. The normalized spacial score (nSPS) is 18.0. The first-order valence-corrected chi connectivity index (χ1v) is 5.01. The first-order chi connectivity index (χ1) is 7.34. The lowest BCUT2D eigenvalue weighted by molar-refractivity contribution is -0.121. The molecule has 0 saturated carbocycles. The number of carbonyl (C=O) groups excluding carboxylic acids is 1. The monoisotopic (exact) mass is 205 g/mol. The Hall–Kier alpha value is -1.71. The standard InChI is InChI=1S/C11H11NO3/c13-10-5-7-1-2-9-11(8(7)6-12-10)15-4-3-14-9/h1-2H,3-6H2,(H,12,13). The lowest BCUT2D eigenvalue weighted by atomic mass is 9.99. The van der Waals surface area contributed by atoms with Crippen molar-refractivity contribution in [3.8, 4) is 11.5 Å². The fourth-order valence-electron chi connectivity index (χ4n) is 2.00. The molecule has 1 aromatic rings. The van der Waals surface area contributed by atoms with Crippen LogP contribution in [0.1, 0.15) is 11.1 Å². The quantitative estimate of drug-likeness (QED) is 0.675. The van der Waals surface area contributed by atoms with Gasteiger partial charge >= 0.3 is 0 Å². The third-order valence-corrected chi connectivity index (χ3v) is 2.72. The van der Waals surface area contributed by atoms with Crippen LogP contribution in [0.15, 0.2) is 12.1 Å². The molecule has 0 saturated heterocycles. The van der Waals surface area contributed by atoms with E-state index in [4.69, 9.17) is 9.47 Å². The summed E-state index contributed by atoms with van der Waals surface area (Å²) in [6.45, 7) is 1.72. The van der Waals surface area contributed by atoms with Gasteiger partial charge in [0.05, 0.1) is 6.42 Å². The molecule has 1 aromatic carbocycles. The highest BCUT2D eigenvalue weighted by Crippen LogP contribution is 2.37. The number of hydrogen-bond donors (Lipinski definition) is 1. The van der Waals surface area contributed by atoms with E-state index in [1.54, 1.807) is 0 Å². The number of nitrogens with one attached hydrogen (secondary N) is 1. The summed E-state index contributed by atoms with van der Waals surface area (Å²) in [7, 11) is 0. The minimum absolute atomic E-state index is 0.0687. The van der Waals surface area contributed by atoms with Crippen LogP contribution >= 0.6 is 0 Å². The molecule has 1 amide bonds. The minimum Gasteiger partial charge on any atom is -0.486 e. The predicted octanol–water partition coefficient (Wildman–Crippen LogP) is 0.630. The zero-order valence-corrected chi connectivity index (χ0v) is 8.21. The molecule has 0 aromatic heterocycles. The number of amides is 1. The fraction of sp³-hybridized carbons (Fsp3) is 0.364. The van der Waals surface area contributed by atoms with Crippen LogP contribution in [-0.4, -0.2) is 19.1 Å². The van der Waals surface area contributed by atoms with Gasteiger partial charge in [-0.15, -0.1) is 0 Å². The van der Waals surface area contributed by atoms with Crippen LogP contribution < -0.4 is 14.8 Å². The van der Waals surface area contributed by atoms with Crippen LogP contribution in [-0.2, 0) is 17.8 Å². The van der Waals surface area contributed by atoms with Gasteiger partial charge < -0.3 is 14.8 Å². The molecule has 2 heterocycles. The van der Waals surface area contributed by atoms with E-state index in [1.807, 2.05) is 12.1 Å². The molecule has 0 atom stereocenters. The topological polar surface area (TPSA) is 47.6 Å². The van der Waals surface area contributed by atoms with Crippen LogP contribution in [0.2, 0.25) is 0 Å². The second kappa shape index (κ2) is 3.15. The van der Waals surface area contributed by atoms with Gasteiger partial charge in [-0.2, -0.15) is 0 Å². The van der Waals surface area contributed by atoms with Crippen LogP contribution in [0.25, 0.3) is 0 Å². The lowest BCUT2D eigenvalue weighted by Crippen LogP contribution is -2.31. The third-order valence-electron chi connectivity index (χ3n) is 2.72. The van der Waals surface area contributed by atoms with Crippen molar-refractivity contribution >= 4 is 5.91 Å². The van der Waals surface area contributed by atoms with Gasteiger partial charge in [0.2, 0.25) is 5.91 Å². The van der Waals surface area contributed by atoms with Gasteiger partial charge in [0.15, 0.2) is 11.5 Å². The number of carbonyl (C=O) groups is 1. The number of rotatable bonds is 0. The van der Waals surface area contributed by atoms with Gasteiger partial charge in [-0.05, 0) is 11.6 Å². The Morgan fingerprint density at radius 2 is 2.07 bits per heavy atom. The van der Waals surface area contributed by atoms with E-state index in [0.29, 0.717) is 26.2 Å².